The minimum absolute atomic E-state index is 0.113. The van der Waals surface area contributed by atoms with Crippen molar-refractivity contribution in [3.05, 3.63) is 28.2 Å². The standard InChI is InChI=1S/C8H9BrO2/c1-5(10)6-3-2-4-7(9)8(6)11/h2-5,10-11H,1H3/t5-/m1/s1. The van der Waals surface area contributed by atoms with Crippen LogP contribution in [0.3, 0.4) is 0 Å². The maximum absolute atomic E-state index is 9.36. The summed E-state index contributed by atoms with van der Waals surface area (Å²) in [6.07, 6.45) is -0.632. The van der Waals surface area contributed by atoms with Crippen molar-refractivity contribution >= 4 is 15.9 Å². The highest BCUT2D eigenvalue weighted by Gasteiger charge is 2.08. The van der Waals surface area contributed by atoms with Crippen LogP contribution in [-0.2, 0) is 0 Å². The van der Waals surface area contributed by atoms with E-state index in [0.29, 0.717) is 10.0 Å². The highest BCUT2D eigenvalue weighted by Crippen LogP contribution is 2.31. The van der Waals surface area contributed by atoms with Crippen LogP contribution in [-0.4, -0.2) is 10.2 Å². The molecule has 0 heterocycles. The van der Waals surface area contributed by atoms with Gasteiger partial charge in [-0.2, -0.15) is 0 Å². The van der Waals surface area contributed by atoms with Gasteiger partial charge in [0.1, 0.15) is 5.75 Å². The fourth-order valence-corrected chi connectivity index (χ4v) is 1.25. The van der Waals surface area contributed by atoms with Crippen molar-refractivity contribution in [3.8, 4) is 5.75 Å². The van der Waals surface area contributed by atoms with Crippen molar-refractivity contribution in [3.63, 3.8) is 0 Å². The number of aliphatic hydroxyl groups excluding tert-OH is 1. The maximum atomic E-state index is 9.36. The number of aliphatic hydroxyl groups is 1. The molecule has 0 amide bonds. The van der Waals surface area contributed by atoms with Crippen LogP contribution in [0.5, 0.6) is 5.75 Å². The zero-order valence-corrected chi connectivity index (χ0v) is 7.67. The van der Waals surface area contributed by atoms with Gasteiger partial charge in [0.2, 0.25) is 0 Å². The second-order valence-electron chi connectivity index (χ2n) is 2.35. The van der Waals surface area contributed by atoms with Crippen LogP contribution >= 0.6 is 15.9 Å². The molecule has 0 aliphatic carbocycles. The molecule has 1 aromatic rings. The maximum Gasteiger partial charge on any atom is 0.135 e. The summed E-state index contributed by atoms with van der Waals surface area (Å²) in [6.45, 7) is 1.61. The highest BCUT2D eigenvalue weighted by atomic mass is 79.9. The Labute approximate surface area is 73.6 Å². The molecule has 0 spiro atoms. The van der Waals surface area contributed by atoms with Gasteiger partial charge in [0.05, 0.1) is 10.6 Å². The summed E-state index contributed by atoms with van der Waals surface area (Å²) in [6, 6.07) is 5.18. The van der Waals surface area contributed by atoms with Gasteiger partial charge in [0, 0.05) is 5.56 Å². The Bertz CT molecular complexity index is 258. The van der Waals surface area contributed by atoms with Gasteiger partial charge in [-0.25, -0.2) is 0 Å². The van der Waals surface area contributed by atoms with E-state index in [2.05, 4.69) is 15.9 Å². The van der Waals surface area contributed by atoms with Gasteiger partial charge < -0.3 is 10.2 Å². The summed E-state index contributed by atoms with van der Waals surface area (Å²) < 4.78 is 0.607. The summed E-state index contributed by atoms with van der Waals surface area (Å²) >= 11 is 3.15. The van der Waals surface area contributed by atoms with E-state index in [4.69, 9.17) is 5.11 Å². The summed E-state index contributed by atoms with van der Waals surface area (Å²) in [5.74, 6) is 0.113. The summed E-state index contributed by atoms with van der Waals surface area (Å²) in [4.78, 5) is 0. The van der Waals surface area contributed by atoms with E-state index in [1.54, 1.807) is 25.1 Å². The van der Waals surface area contributed by atoms with E-state index in [1.807, 2.05) is 0 Å². The molecule has 0 saturated carbocycles. The lowest BCUT2D eigenvalue weighted by molar-refractivity contribution is 0.195. The predicted molar refractivity (Wildman–Crippen MR) is 46.4 cm³/mol. The molecule has 0 bridgehead atoms. The van der Waals surface area contributed by atoms with E-state index in [-0.39, 0.29) is 5.75 Å². The molecule has 60 valence electrons. The van der Waals surface area contributed by atoms with Crippen molar-refractivity contribution in [2.75, 3.05) is 0 Å². The Balaban J connectivity index is 3.17. The predicted octanol–water partition coefficient (Wildman–Crippen LogP) is 2.21. The van der Waals surface area contributed by atoms with Crippen LogP contribution in [0.25, 0.3) is 0 Å². The third-order valence-corrected chi connectivity index (χ3v) is 2.11. The third-order valence-electron chi connectivity index (χ3n) is 1.47. The monoisotopic (exact) mass is 216 g/mol. The number of halogens is 1. The minimum atomic E-state index is -0.632. The minimum Gasteiger partial charge on any atom is -0.506 e. The molecule has 0 aliphatic heterocycles. The van der Waals surface area contributed by atoms with Gasteiger partial charge in [-0.05, 0) is 28.9 Å². The Morgan fingerprint density at radius 2 is 2.09 bits per heavy atom. The molecule has 2 nitrogen and oxygen atoms in total. The lowest BCUT2D eigenvalue weighted by Crippen LogP contribution is -1.91. The first-order valence-electron chi connectivity index (χ1n) is 3.28. The number of phenols is 1. The van der Waals surface area contributed by atoms with E-state index < -0.39 is 6.10 Å². The lowest BCUT2D eigenvalue weighted by Gasteiger charge is -2.07. The van der Waals surface area contributed by atoms with Gasteiger partial charge in [-0.15, -0.1) is 0 Å². The Hall–Kier alpha value is -0.540. The largest absolute Gasteiger partial charge is 0.506 e. The quantitative estimate of drug-likeness (QED) is 0.756. The molecule has 1 atom stereocenters. The first-order chi connectivity index (χ1) is 5.13. The van der Waals surface area contributed by atoms with Gasteiger partial charge in [0.15, 0.2) is 0 Å². The Kier molecular flexibility index (Phi) is 2.52. The Morgan fingerprint density at radius 1 is 1.45 bits per heavy atom. The average Bonchev–Trinajstić information content (AvgIpc) is 1.94. The molecular weight excluding hydrogens is 208 g/mol. The van der Waals surface area contributed by atoms with Crippen LogP contribution in [0.2, 0.25) is 0 Å². The first kappa shape index (κ1) is 8.56. The number of para-hydroxylation sites is 1. The first-order valence-corrected chi connectivity index (χ1v) is 4.07. The SMILES string of the molecule is C[C@@H](O)c1cccc(Br)c1O. The number of hydrogen-bond donors (Lipinski definition) is 2. The number of hydrogen-bond acceptors (Lipinski definition) is 2. The van der Waals surface area contributed by atoms with Gasteiger partial charge in [-0.3, -0.25) is 0 Å². The molecule has 11 heavy (non-hydrogen) atoms. The molecule has 0 aliphatic rings. The van der Waals surface area contributed by atoms with Gasteiger partial charge in [-0.1, -0.05) is 12.1 Å². The average molecular weight is 217 g/mol. The molecule has 3 heteroatoms. The lowest BCUT2D eigenvalue weighted by atomic mass is 10.1. The van der Waals surface area contributed by atoms with Crippen LogP contribution in [0.4, 0.5) is 0 Å². The molecule has 2 N–H and O–H groups in total. The van der Waals surface area contributed by atoms with E-state index in [1.165, 1.54) is 0 Å². The summed E-state index contributed by atoms with van der Waals surface area (Å²) in [5.41, 5.74) is 0.541. The van der Waals surface area contributed by atoms with E-state index in [9.17, 15) is 5.11 Å². The van der Waals surface area contributed by atoms with Crippen LogP contribution in [0.15, 0.2) is 22.7 Å². The zero-order chi connectivity index (χ0) is 8.43. The number of rotatable bonds is 1. The van der Waals surface area contributed by atoms with Crippen molar-refractivity contribution < 1.29 is 10.2 Å². The summed E-state index contributed by atoms with van der Waals surface area (Å²) in [5, 5.41) is 18.5. The molecular formula is C8H9BrO2. The van der Waals surface area contributed by atoms with E-state index in [0.717, 1.165) is 0 Å². The van der Waals surface area contributed by atoms with Crippen molar-refractivity contribution in [1.82, 2.24) is 0 Å². The van der Waals surface area contributed by atoms with Gasteiger partial charge in [0.25, 0.3) is 0 Å². The normalized spacial score (nSPS) is 13.0. The third kappa shape index (κ3) is 1.73. The van der Waals surface area contributed by atoms with Crippen LogP contribution < -0.4 is 0 Å². The molecule has 0 fully saturated rings. The second kappa shape index (κ2) is 3.24. The molecule has 0 unspecified atom stereocenters. The molecule has 0 aromatic heterocycles. The topological polar surface area (TPSA) is 40.5 Å². The molecule has 1 aromatic carbocycles. The number of phenolic OH excluding ortho intramolecular Hbond substituents is 1. The molecule has 0 radical (unpaired) electrons. The Morgan fingerprint density at radius 3 is 2.55 bits per heavy atom. The number of aromatic hydroxyl groups is 1. The van der Waals surface area contributed by atoms with E-state index >= 15 is 0 Å². The van der Waals surface area contributed by atoms with Crippen LogP contribution in [0.1, 0.15) is 18.6 Å². The summed E-state index contributed by atoms with van der Waals surface area (Å²) in [7, 11) is 0. The second-order valence-corrected chi connectivity index (χ2v) is 3.21. The molecule has 1 rings (SSSR count). The van der Waals surface area contributed by atoms with Crippen molar-refractivity contribution in [1.29, 1.82) is 0 Å². The van der Waals surface area contributed by atoms with Crippen LogP contribution in [0, 0.1) is 0 Å². The smallest absolute Gasteiger partial charge is 0.135 e. The zero-order valence-electron chi connectivity index (χ0n) is 6.08. The van der Waals surface area contributed by atoms with Crippen molar-refractivity contribution in [2.45, 2.75) is 13.0 Å². The highest BCUT2D eigenvalue weighted by molar-refractivity contribution is 9.10. The van der Waals surface area contributed by atoms with Crippen molar-refractivity contribution in [2.24, 2.45) is 0 Å². The fraction of sp³-hybridized carbons (Fsp3) is 0.250. The molecule has 0 saturated heterocycles. The fourth-order valence-electron chi connectivity index (χ4n) is 0.869. The van der Waals surface area contributed by atoms with Gasteiger partial charge >= 0.3 is 0 Å². The number of benzene rings is 1.